The van der Waals surface area contributed by atoms with E-state index in [4.69, 9.17) is 0 Å². The van der Waals surface area contributed by atoms with Gasteiger partial charge in [0.15, 0.2) is 5.82 Å². The van der Waals surface area contributed by atoms with Gasteiger partial charge in [-0.3, -0.25) is 9.59 Å². The Morgan fingerprint density at radius 3 is 3.12 bits per heavy atom. The van der Waals surface area contributed by atoms with Gasteiger partial charge in [-0.05, 0) is 19.8 Å². The Kier molecular flexibility index (Phi) is 3.03. The number of carbonyl (C=O) groups excluding carboxylic acids is 1. The average Bonchev–Trinajstić information content (AvgIpc) is 2.30. The van der Waals surface area contributed by atoms with Gasteiger partial charge in [-0.2, -0.15) is 0 Å². The fraction of sp³-hybridized carbons (Fsp3) is 0.545. The number of aromatic amines is 1. The number of rotatable bonds is 2. The van der Waals surface area contributed by atoms with Crippen molar-refractivity contribution in [1.82, 2.24) is 9.97 Å². The van der Waals surface area contributed by atoms with Crippen molar-refractivity contribution in [3.8, 4) is 0 Å². The maximum atomic E-state index is 11.6. The molecule has 2 heterocycles. The smallest absolute Gasteiger partial charge is 0.290 e. The van der Waals surface area contributed by atoms with Gasteiger partial charge < -0.3 is 9.88 Å². The van der Waals surface area contributed by atoms with Gasteiger partial charge in [-0.25, -0.2) is 4.98 Å². The molecule has 0 saturated carbocycles. The lowest BCUT2D eigenvalue weighted by atomic mass is 9.95. The monoisotopic (exact) mass is 221 g/mol. The van der Waals surface area contributed by atoms with Crippen molar-refractivity contribution in [2.45, 2.75) is 19.8 Å². The molecule has 1 unspecified atom stereocenters. The van der Waals surface area contributed by atoms with Crippen LogP contribution in [0.25, 0.3) is 0 Å². The lowest BCUT2D eigenvalue weighted by Gasteiger charge is -2.31. The van der Waals surface area contributed by atoms with Crippen LogP contribution in [0.1, 0.15) is 19.8 Å². The average molecular weight is 221 g/mol. The van der Waals surface area contributed by atoms with Crippen molar-refractivity contribution < 1.29 is 4.79 Å². The van der Waals surface area contributed by atoms with Crippen LogP contribution in [-0.4, -0.2) is 28.8 Å². The second-order valence-electron chi connectivity index (χ2n) is 4.14. The van der Waals surface area contributed by atoms with E-state index in [-0.39, 0.29) is 17.3 Å². The van der Waals surface area contributed by atoms with Crippen LogP contribution in [0.4, 0.5) is 5.82 Å². The summed E-state index contributed by atoms with van der Waals surface area (Å²) in [5.41, 5.74) is -0.188. The van der Waals surface area contributed by atoms with Gasteiger partial charge in [0, 0.05) is 31.4 Å². The third-order valence-corrected chi connectivity index (χ3v) is 2.98. The summed E-state index contributed by atoms with van der Waals surface area (Å²) in [6.07, 6.45) is 4.92. The summed E-state index contributed by atoms with van der Waals surface area (Å²) in [5, 5.41) is 0. The lowest BCUT2D eigenvalue weighted by molar-refractivity contribution is -0.120. The molecule has 16 heavy (non-hydrogen) atoms. The minimum absolute atomic E-state index is 0.0372. The molecular formula is C11H15N3O2. The maximum absolute atomic E-state index is 11.6. The predicted octanol–water partition coefficient (Wildman–Crippen LogP) is 0.575. The number of H-pyrrole nitrogens is 1. The first-order valence-corrected chi connectivity index (χ1v) is 5.47. The van der Waals surface area contributed by atoms with E-state index >= 15 is 0 Å². The SMILES string of the molecule is CC(=O)C1CCCN(c2ncc[nH]c2=O)C1. The second-order valence-corrected chi connectivity index (χ2v) is 4.14. The van der Waals surface area contributed by atoms with Crippen molar-refractivity contribution >= 4 is 11.6 Å². The topological polar surface area (TPSA) is 66.1 Å². The quantitative estimate of drug-likeness (QED) is 0.793. The third kappa shape index (κ3) is 2.13. The number of aromatic nitrogens is 2. The Bertz CT molecular complexity index is 441. The van der Waals surface area contributed by atoms with Crippen LogP contribution >= 0.6 is 0 Å². The van der Waals surface area contributed by atoms with E-state index in [0.717, 1.165) is 19.4 Å². The second kappa shape index (κ2) is 4.47. The highest BCUT2D eigenvalue weighted by Crippen LogP contribution is 2.19. The fourth-order valence-corrected chi connectivity index (χ4v) is 2.07. The van der Waals surface area contributed by atoms with Crippen LogP contribution < -0.4 is 10.5 Å². The first-order valence-electron chi connectivity index (χ1n) is 5.47. The van der Waals surface area contributed by atoms with Gasteiger partial charge in [0.2, 0.25) is 0 Å². The Labute approximate surface area is 93.5 Å². The van der Waals surface area contributed by atoms with Gasteiger partial charge in [0.25, 0.3) is 5.56 Å². The normalized spacial score (nSPS) is 20.8. The number of ketones is 1. The zero-order valence-electron chi connectivity index (χ0n) is 9.27. The number of hydrogen-bond donors (Lipinski definition) is 1. The highest BCUT2D eigenvalue weighted by atomic mass is 16.1. The van der Waals surface area contributed by atoms with E-state index in [1.165, 1.54) is 6.20 Å². The zero-order valence-corrected chi connectivity index (χ0v) is 9.27. The Morgan fingerprint density at radius 2 is 2.44 bits per heavy atom. The van der Waals surface area contributed by atoms with Crippen molar-refractivity contribution in [1.29, 1.82) is 0 Å². The van der Waals surface area contributed by atoms with Crippen molar-refractivity contribution in [3.63, 3.8) is 0 Å². The number of nitrogens with zero attached hydrogens (tertiary/aromatic N) is 2. The number of nitrogens with one attached hydrogen (secondary N) is 1. The largest absolute Gasteiger partial charge is 0.351 e. The van der Waals surface area contributed by atoms with E-state index in [2.05, 4.69) is 9.97 Å². The van der Waals surface area contributed by atoms with Crippen LogP contribution in [0.2, 0.25) is 0 Å². The lowest BCUT2D eigenvalue weighted by Crippen LogP contribution is -2.41. The van der Waals surface area contributed by atoms with E-state index < -0.39 is 0 Å². The Hall–Kier alpha value is -1.65. The maximum Gasteiger partial charge on any atom is 0.290 e. The molecular weight excluding hydrogens is 206 g/mol. The molecule has 86 valence electrons. The number of piperidine rings is 1. The molecule has 1 saturated heterocycles. The molecule has 0 spiro atoms. The minimum atomic E-state index is -0.188. The molecule has 0 bridgehead atoms. The van der Waals surface area contributed by atoms with Gasteiger partial charge in [-0.15, -0.1) is 0 Å². The van der Waals surface area contributed by atoms with Crippen molar-refractivity contribution in [3.05, 3.63) is 22.7 Å². The van der Waals surface area contributed by atoms with Gasteiger partial charge >= 0.3 is 0 Å². The standard InChI is InChI=1S/C11H15N3O2/c1-8(15)9-3-2-6-14(7-9)10-11(16)13-5-4-12-10/h4-5,9H,2-3,6-7H2,1H3,(H,13,16). The molecule has 1 aliphatic rings. The van der Waals surface area contributed by atoms with E-state index in [1.807, 2.05) is 4.90 Å². The fourth-order valence-electron chi connectivity index (χ4n) is 2.07. The predicted molar refractivity (Wildman–Crippen MR) is 60.5 cm³/mol. The molecule has 0 radical (unpaired) electrons. The minimum Gasteiger partial charge on any atom is -0.351 e. The molecule has 1 aliphatic heterocycles. The van der Waals surface area contributed by atoms with E-state index in [9.17, 15) is 9.59 Å². The number of Topliss-reactive ketones (excluding diaryl/α,β-unsaturated/α-hetero) is 1. The van der Waals surface area contributed by atoms with E-state index in [0.29, 0.717) is 12.4 Å². The summed E-state index contributed by atoms with van der Waals surface area (Å²) in [5.74, 6) is 0.653. The highest BCUT2D eigenvalue weighted by Gasteiger charge is 2.25. The van der Waals surface area contributed by atoms with E-state index in [1.54, 1.807) is 13.1 Å². The third-order valence-electron chi connectivity index (χ3n) is 2.98. The summed E-state index contributed by atoms with van der Waals surface area (Å²) in [7, 11) is 0. The molecule has 2 rings (SSSR count). The molecule has 1 atom stereocenters. The molecule has 1 aromatic rings. The molecule has 1 N–H and O–H groups in total. The molecule has 1 fully saturated rings. The zero-order chi connectivity index (χ0) is 11.5. The molecule has 1 aromatic heterocycles. The summed E-state index contributed by atoms with van der Waals surface area (Å²) in [4.78, 5) is 31.4. The van der Waals surface area contributed by atoms with Crippen molar-refractivity contribution in [2.24, 2.45) is 5.92 Å². The number of carbonyl (C=O) groups is 1. The summed E-state index contributed by atoms with van der Waals surface area (Å²) < 4.78 is 0. The van der Waals surface area contributed by atoms with Crippen LogP contribution in [0.3, 0.4) is 0 Å². The van der Waals surface area contributed by atoms with Gasteiger partial charge in [0.05, 0.1) is 0 Å². The van der Waals surface area contributed by atoms with Crippen molar-refractivity contribution in [2.75, 3.05) is 18.0 Å². The van der Waals surface area contributed by atoms with Gasteiger partial charge in [0.1, 0.15) is 5.78 Å². The van der Waals surface area contributed by atoms with Crippen LogP contribution in [-0.2, 0) is 4.79 Å². The van der Waals surface area contributed by atoms with Crippen LogP contribution in [0, 0.1) is 5.92 Å². The molecule has 0 aliphatic carbocycles. The Balaban J connectivity index is 2.19. The van der Waals surface area contributed by atoms with Crippen LogP contribution in [0.15, 0.2) is 17.2 Å². The summed E-state index contributed by atoms with van der Waals surface area (Å²) >= 11 is 0. The number of anilines is 1. The number of hydrogen-bond acceptors (Lipinski definition) is 4. The van der Waals surface area contributed by atoms with Gasteiger partial charge in [-0.1, -0.05) is 0 Å². The molecule has 5 nitrogen and oxygen atoms in total. The summed E-state index contributed by atoms with van der Waals surface area (Å²) in [6, 6.07) is 0. The van der Waals surface area contributed by atoms with Crippen LogP contribution in [0.5, 0.6) is 0 Å². The summed E-state index contributed by atoms with van der Waals surface area (Å²) in [6.45, 7) is 3.01. The first kappa shape index (κ1) is 10.9. The highest BCUT2D eigenvalue weighted by molar-refractivity contribution is 5.79. The molecule has 0 amide bonds. The Morgan fingerprint density at radius 1 is 1.62 bits per heavy atom. The molecule has 5 heteroatoms. The molecule has 0 aromatic carbocycles. The first-order chi connectivity index (χ1) is 7.68.